The molecule has 3 nitrogen and oxygen atoms in total. The molecule has 1 fully saturated rings. The van der Waals surface area contributed by atoms with Crippen molar-refractivity contribution in [1.82, 2.24) is 4.90 Å². The molecule has 2 rings (SSSR count). The largest absolute Gasteiger partial charge is 0.496 e. The van der Waals surface area contributed by atoms with Crippen molar-refractivity contribution in [3.05, 3.63) is 28.2 Å². The predicted molar refractivity (Wildman–Crippen MR) is 77.8 cm³/mol. The molecule has 0 radical (unpaired) electrons. The van der Waals surface area contributed by atoms with Gasteiger partial charge in [-0.05, 0) is 72.5 Å². The molecule has 1 aromatic carbocycles. The summed E-state index contributed by atoms with van der Waals surface area (Å²) in [5.74, 6) is 1.42. The Morgan fingerprint density at radius 2 is 2.28 bits per heavy atom. The molecule has 0 amide bonds. The molecule has 1 saturated heterocycles. The van der Waals surface area contributed by atoms with E-state index >= 15 is 0 Å². The number of likely N-dealkylation sites (tertiary alicyclic amines) is 1. The Labute approximate surface area is 117 Å². The number of hydrogen-bond donors (Lipinski definition) is 1. The fourth-order valence-corrected chi connectivity index (χ4v) is 3.46. The summed E-state index contributed by atoms with van der Waals surface area (Å²) in [6.07, 6.45) is 2.46. The third kappa shape index (κ3) is 2.71. The maximum Gasteiger partial charge on any atom is 0.133 e. The quantitative estimate of drug-likeness (QED) is 0.932. The standard InChI is InChI=1S/C14H21BrN2O/c1-17-7-3-4-11(9-16)14(17)10-5-6-13(18-2)12(15)8-10/h5-6,8,11,14H,3-4,7,9,16H2,1-2H3. The number of halogens is 1. The topological polar surface area (TPSA) is 38.5 Å². The van der Waals surface area contributed by atoms with E-state index in [9.17, 15) is 0 Å². The lowest BCUT2D eigenvalue weighted by molar-refractivity contribution is 0.125. The summed E-state index contributed by atoms with van der Waals surface area (Å²) in [4.78, 5) is 2.41. The van der Waals surface area contributed by atoms with Crippen LogP contribution in [0, 0.1) is 5.92 Å². The van der Waals surface area contributed by atoms with E-state index in [2.05, 4.69) is 40.0 Å². The van der Waals surface area contributed by atoms with Gasteiger partial charge in [-0.15, -0.1) is 0 Å². The second-order valence-electron chi connectivity index (χ2n) is 4.96. The number of benzene rings is 1. The summed E-state index contributed by atoms with van der Waals surface area (Å²) in [6.45, 7) is 1.89. The molecule has 18 heavy (non-hydrogen) atoms. The van der Waals surface area contributed by atoms with Crippen LogP contribution < -0.4 is 10.5 Å². The fourth-order valence-electron chi connectivity index (χ4n) is 2.90. The molecule has 0 saturated carbocycles. The number of piperidine rings is 1. The van der Waals surface area contributed by atoms with Crippen LogP contribution >= 0.6 is 15.9 Å². The smallest absolute Gasteiger partial charge is 0.133 e. The van der Waals surface area contributed by atoms with Gasteiger partial charge in [-0.25, -0.2) is 0 Å². The molecule has 1 aliphatic rings. The van der Waals surface area contributed by atoms with Crippen LogP contribution in [0.3, 0.4) is 0 Å². The highest BCUT2D eigenvalue weighted by Gasteiger charge is 2.29. The van der Waals surface area contributed by atoms with E-state index in [1.54, 1.807) is 7.11 Å². The van der Waals surface area contributed by atoms with Crippen molar-refractivity contribution in [2.24, 2.45) is 11.7 Å². The first-order valence-corrected chi connectivity index (χ1v) is 7.20. The van der Waals surface area contributed by atoms with Crippen LogP contribution in [0.1, 0.15) is 24.4 Å². The molecule has 1 heterocycles. The van der Waals surface area contributed by atoms with Crippen LogP contribution in [0.2, 0.25) is 0 Å². The molecule has 0 aliphatic carbocycles. The van der Waals surface area contributed by atoms with Gasteiger partial charge in [0.2, 0.25) is 0 Å². The third-order valence-electron chi connectivity index (χ3n) is 3.83. The molecule has 2 N–H and O–H groups in total. The van der Waals surface area contributed by atoms with Crippen molar-refractivity contribution in [2.75, 3.05) is 27.2 Å². The Kier molecular flexibility index (Phi) is 4.65. The van der Waals surface area contributed by atoms with Gasteiger partial charge in [0.15, 0.2) is 0 Å². The van der Waals surface area contributed by atoms with Crippen LogP contribution in [0.25, 0.3) is 0 Å². The average Bonchev–Trinajstić information content (AvgIpc) is 2.38. The normalized spacial score (nSPS) is 25.1. The van der Waals surface area contributed by atoms with E-state index < -0.39 is 0 Å². The Balaban J connectivity index is 2.30. The first-order chi connectivity index (χ1) is 8.67. The molecule has 4 heteroatoms. The number of ether oxygens (including phenoxy) is 1. The number of nitrogens with two attached hydrogens (primary N) is 1. The van der Waals surface area contributed by atoms with E-state index in [0.29, 0.717) is 12.0 Å². The minimum atomic E-state index is 0.422. The zero-order valence-electron chi connectivity index (χ0n) is 11.0. The number of rotatable bonds is 3. The minimum Gasteiger partial charge on any atom is -0.496 e. The van der Waals surface area contributed by atoms with Crippen molar-refractivity contribution in [3.63, 3.8) is 0 Å². The van der Waals surface area contributed by atoms with E-state index in [-0.39, 0.29) is 0 Å². The maximum atomic E-state index is 5.92. The van der Waals surface area contributed by atoms with Crippen molar-refractivity contribution >= 4 is 15.9 Å². The zero-order valence-corrected chi connectivity index (χ0v) is 12.6. The number of nitrogens with zero attached hydrogens (tertiary/aromatic N) is 1. The third-order valence-corrected chi connectivity index (χ3v) is 4.45. The second kappa shape index (κ2) is 6.04. The zero-order chi connectivity index (χ0) is 13.1. The van der Waals surface area contributed by atoms with Crippen molar-refractivity contribution in [2.45, 2.75) is 18.9 Å². The van der Waals surface area contributed by atoms with Crippen LogP contribution in [0.4, 0.5) is 0 Å². The van der Waals surface area contributed by atoms with Gasteiger partial charge >= 0.3 is 0 Å². The van der Waals surface area contributed by atoms with Crippen LogP contribution in [0.5, 0.6) is 5.75 Å². The molecule has 0 aromatic heterocycles. The summed E-state index contributed by atoms with van der Waals surface area (Å²) in [5.41, 5.74) is 7.24. The minimum absolute atomic E-state index is 0.422. The second-order valence-corrected chi connectivity index (χ2v) is 5.81. The molecule has 2 atom stereocenters. The summed E-state index contributed by atoms with van der Waals surface area (Å²) in [6, 6.07) is 6.76. The van der Waals surface area contributed by atoms with Gasteiger partial charge in [0, 0.05) is 6.04 Å². The Bertz CT molecular complexity index is 411. The summed E-state index contributed by atoms with van der Waals surface area (Å²) in [5, 5.41) is 0. The monoisotopic (exact) mass is 312 g/mol. The molecular weight excluding hydrogens is 292 g/mol. The van der Waals surface area contributed by atoms with Gasteiger partial charge in [-0.2, -0.15) is 0 Å². The summed E-state index contributed by atoms with van der Waals surface area (Å²) >= 11 is 3.56. The lowest BCUT2D eigenvalue weighted by Gasteiger charge is -2.39. The van der Waals surface area contributed by atoms with Crippen LogP contribution in [0.15, 0.2) is 22.7 Å². The van der Waals surface area contributed by atoms with Gasteiger partial charge in [0.25, 0.3) is 0 Å². The van der Waals surface area contributed by atoms with Gasteiger partial charge in [-0.3, -0.25) is 4.90 Å². The SMILES string of the molecule is COc1ccc(C2C(CN)CCCN2C)cc1Br. The molecule has 100 valence electrons. The van der Waals surface area contributed by atoms with E-state index in [0.717, 1.165) is 23.3 Å². The van der Waals surface area contributed by atoms with Crippen molar-refractivity contribution in [1.29, 1.82) is 0 Å². The molecule has 2 unspecified atom stereocenters. The Hall–Kier alpha value is -0.580. The van der Waals surface area contributed by atoms with Crippen LogP contribution in [-0.4, -0.2) is 32.1 Å². The van der Waals surface area contributed by atoms with Gasteiger partial charge in [-0.1, -0.05) is 6.07 Å². The molecule has 1 aliphatic heterocycles. The molecular formula is C14H21BrN2O. The highest BCUT2D eigenvalue weighted by molar-refractivity contribution is 9.10. The van der Waals surface area contributed by atoms with E-state index in [1.165, 1.54) is 18.4 Å². The molecule has 0 spiro atoms. The predicted octanol–water partition coefficient (Wildman–Crippen LogP) is 2.80. The molecule has 1 aromatic rings. The lowest BCUT2D eigenvalue weighted by Crippen LogP contribution is -2.39. The summed E-state index contributed by atoms with van der Waals surface area (Å²) < 4.78 is 6.29. The Morgan fingerprint density at radius 3 is 2.89 bits per heavy atom. The first-order valence-electron chi connectivity index (χ1n) is 6.41. The van der Waals surface area contributed by atoms with Crippen LogP contribution in [-0.2, 0) is 0 Å². The van der Waals surface area contributed by atoms with E-state index in [1.807, 2.05) is 6.07 Å². The van der Waals surface area contributed by atoms with Crippen molar-refractivity contribution < 1.29 is 4.74 Å². The van der Waals surface area contributed by atoms with Gasteiger partial charge in [0.05, 0.1) is 11.6 Å². The van der Waals surface area contributed by atoms with E-state index in [4.69, 9.17) is 10.5 Å². The van der Waals surface area contributed by atoms with Crippen molar-refractivity contribution in [3.8, 4) is 5.75 Å². The highest BCUT2D eigenvalue weighted by Crippen LogP contribution is 2.37. The van der Waals surface area contributed by atoms with Gasteiger partial charge < -0.3 is 10.5 Å². The highest BCUT2D eigenvalue weighted by atomic mass is 79.9. The van der Waals surface area contributed by atoms with Gasteiger partial charge in [0.1, 0.15) is 5.75 Å². The number of methoxy groups -OCH3 is 1. The Morgan fingerprint density at radius 1 is 1.50 bits per heavy atom. The summed E-state index contributed by atoms with van der Waals surface area (Å²) in [7, 11) is 3.87. The first kappa shape index (κ1) is 13.8. The lowest BCUT2D eigenvalue weighted by atomic mass is 9.85. The maximum absolute atomic E-state index is 5.92. The average molecular weight is 313 g/mol. The number of hydrogen-bond acceptors (Lipinski definition) is 3. The fraction of sp³-hybridized carbons (Fsp3) is 0.571. The molecule has 0 bridgehead atoms.